The molecule has 0 unspecified atom stereocenters. The van der Waals surface area contributed by atoms with Crippen LogP contribution in [0.1, 0.15) is 26.3 Å². The van der Waals surface area contributed by atoms with Gasteiger partial charge in [0.15, 0.2) is 0 Å². The summed E-state index contributed by atoms with van der Waals surface area (Å²) in [5.74, 6) is 0. The highest BCUT2D eigenvalue weighted by molar-refractivity contribution is 6.10. The monoisotopic (exact) mass is 349 g/mol. The second-order valence-corrected chi connectivity index (χ2v) is 8.33. The fourth-order valence-corrected chi connectivity index (χ4v) is 4.10. The van der Waals surface area contributed by atoms with Crippen LogP contribution in [0, 0.1) is 0 Å². The summed E-state index contributed by atoms with van der Waals surface area (Å²) in [6.07, 6.45) is 0. The lowest BCUT2D eigenvalue weighted by Gasteiger charge is -2.19. The summed E-state index contributed by atoms with van der Waals surface area (Å²) < 4.78 is 2.42. The van der Waals surface area contributed by atoms with Crippen molar-refractivity contribution in [1.29, 1.82) is 0 Å². The molecule has 0 bridgehead atoms. The summed E-state index contributed by atoms with van der Waals surface area (Å²) in [4.78, 5) is 0. The van der Waals surface area contributed by atoms with E-state index in [9.17, 15) is 0 Å². The van der Waals surface area contributed by atoms with Crippen molar-refractivity contribution < 1.29 is 0 Å². The minimum atomic E-state index is 0.136. The van der Waals surface area contributed by atoms with E-state index >= 15 is 0 Å². The number of nitrogens with zero attached hydrogens (tertiary/aromatic N) is 1. The van der Waals surface area contributed by atoms with Crippen LogP contribution in [0.5, 0.6) is 0 Å². The number of hydrogen-bond donors (Lipinski definition) is 0. The maximum Gasteiger partial charge on any atom is 0.0541 e. The standard InChI is InChI=1S/C26H23N/c1-26(2,3)19-15-16-25-22(17-19)21-12-6-7-13-24(21)27(25)23-14-8-10-18-9-4-5-11-20(18)23/h4-17H,1-3H3. The molecule has 0 fully saturated rings. The third kappa shape index (κ3) is 2.46. The van der Waals surface area contributed by atoms with Crippen LogP contribution in [-0.4, -0.2) is 4.57 Å². The molecule has 132 valence electrons. The second-order valence-electron chi connectivity index (χ2n) is 8.33. The lowest BCUT2D eigenvalue weighted by Crippen LogP contribution is -2.10. The first kappa shape index (κ1) is 16.1. The molecule has 0 atom stereocenters. The Morgan fingerprint density at radius 1 is 0.593 bits per heavy atom. The number of fused-ring (bicyclic) bond motifs is 4. The van der Waals surface area contributed by atoms with E-state index < -0.39 is 0 Å². The van der Waals surface area contributed by atoms with Crippen molar-refractivity contribution >= 4 is 32.6 Å². The van der Waals surface area contributed by atoms with Gasteiger partial charge in [-0.1, -0.05) is 81.4 Å². The van der Waals surface area contributed by atoms with E-state index in [4.69, 9.17) is 0 Å². The molecule has 0 saturated carbocycles. The Morgan fingerprint density at radius 3 is 2.07 bits per heavy atom. The first-order chi connectivity index (χ1) is 13.0. The summed E-state index contributed by atoms with van der Waals surface area (Å²) >= 11 is 0. The van der Waals surface area contributed by atoms with Gasteiger partial charge >= 0.3 is 0 Å². The van der Waals surface area contributed by atoms with Crippen LogP contribution in [0.15, 0.2) is 84.9 Å². The predicted octanol–water partition coefficient (Wildman–Crippen LogP) is 7.23. The largest absolute Gasteiger partial charge is 0.309 e. The van der Waals surface area contributed by atoms with Crippen molar-refractivity contribution in [2.75, 3.05) is 0 Å². The zero-order valence-corrected chi connectivity index (χ0v) is 16.0. The van der Waals surface area contributed by atoms with Crippen LogP contribution in [0.2, 0.25) is 0 Å². The average Bonchev–Trinajstić information content (AvgIpc) is 3.00. The number of aromatic nitrogens is 1. The maximum absolute atomic E-state index is 2.42. The SMILES string of the molecule is CC(C)(C)c1ccc2c(c1)c1ccccc1n2-c1cccc2ccccc12. The number of hydrogen-bond acceptors (Lipinski definition) is 0. The van der Waals surface area contributed by atoms with E-state index in [1.54, 1.807) is 0 Å². The molecule has 0 saturated heterocycles. The fourth-order valence-electron chi connectivity index (χ4n) is 4.10. The third-order valence-corrected chi connectivity index (χ3v) is 5.55. The Hall–Kier alpha value is -3.06. The van der Waals surface area contributed by atoms with Crippen molar-refractivity contribution in [1.82, 2.24) is 4.57 Å². The van der Waals surface area contributed by atoms with Gasteiger partial charge in [-0.25, -0.2) is 0 Å². The van der Waals surface area contributed by atoms with Crippen LogP contribution in [0.25, 0.3) is 38.3 Å². The van der Waals surface area contributed by atoms with E-state index in [1.807, 2.05) is 0 Å². The first-order valence-corrected chi connectivity index (χ1v) is 9.56. The average molecular weight is 349 g/mol. The Kier molecular flexibility index (Phi) is 3.42. The van der Waals surface area contributed by atoms with Crippen LogP contribution in [0.4, 0.5) is 0 Å². The molecule has 0 aliphatic heterocycles. The summed E-state index contributed by atoms with van der Waals surface area (Å²) in [5, 5.41) is 5.19. The minimum Gasteiger partial charge on any atom is -0.309 e. The Bertz CT molecular complexity index is 1290. The fraction of sp³-hybridized carbons (Fsp3) is 0.154. The zero-order valence-electron chi connectivity index (χ0n) is 16.0. The van der Waals surface area contributed by atoms with Gasteiger partial charge in [0, 0.05) is 16.2 Å². The normalized spacial score (nSPS) is 12.3. The van der Waals surface area contributed by atoms with E-state index in [1.165, 1.54) is 43.8 Å². The van der Waals surface area contributed by atoms with Crippen LogP contribution >= 0.6 is 0 Å². The predicted molar refractivity (Wildman–Crippen MR) is 117 cm³/mol. The summed E-state index contributed by atoms with van der Waals surface area (Å²) in [5.41, 5.74) is 5.27. The van der Waals surface area contributed by atoms with Gasteiger partial charge in [0.25, 0.3) is 0 Å². The smallest absolute Gasteiger partial charge is 0.0541 e. The van der Waals surface area contributed by atoms with Crippen LogP contribution in [0.3, 0.4) is 0 Å². The molecule has 0 aliphatic rings. The molecule has 1 aromatic heterocycles. The van der Waals surface area contributed by atoms with Gasteiger partial charge in [-0.3, -0.25) is 0 Å². The molecule has 4 aromatic carbocycles. The molecule has 0 amide bonds. The van der Waals surface area contributed by atoms with Gasteiger partial charge in [0.2, 0.25) is 0 Å². The van der Waals surface area contributed by atoms with Crippen molar-refractivity contribution in [3.8, 4) is 5.69 Å². The van der Waals surface area contributed by atoms with Crippen molar-refractivity contribution in [2.45, 2.75) is 26.2 Å². The lowest BCUT2D eigenvalue weighted by atomic mass is 9.86. The van der Waals surface area contributed by atoms with Crippen molar-refractivity contribution in [3.05, 3.63) is 90.5 Å². The molecule has 1 heterocycles. The molecule has 0 radical (unpaired) electrons. The topological polar surface area (TPSA) is 4.93 Å². The Morgan fingerprint density at radius 2 is 1.26 bits per heavy atom. The van der Waals surface area contributed by atoms with Gasteiger partial charge in [-0.2, -0.15) is 0 Å². The molecular weight excluding hydrogens is 326 g/mol. The Balaban J connectivity index is 1.94. The van der Waals surface area contributed by atoms with Gasteiger partial charge in [0.1, 0.15) is 0 Å². The minimum absolute atomic E-state index is 0.136. The highest BCUT2D eigenvalue weighted by Gasteiger charge is 2.18. The molecule has 5 rings (SSSR count). The molecule has 1 nitrogen and oxygen atoms in total. The van der Waals surface area contributed by atoms with Gasteiger partial charge in [-0.05, 0) is 40.6 Å². The van der Waals surface area contributed by atoms with Crippen molar-refractivity contribution in [2.24, 2.45) is 0 Å². The molecule has 0 N–H and O–H groups in total. The molecule has 5 aromatic rings. The summed E-state index contributed by atoms with van der Waals surface area (Å²) in [6.45, 7) is 6.83. The van der Waals surface area contributed by atoms with Gasteiger partial charge < -0.3 is 4.57 Å². The highest BCUT2D eigenvalue weighted by atomic mass is 15.0. The van der Waals surface area contributed by atoms with E-state index in [2.05, 4.69) is 110 Å². The van der Waals surface area contributed by atoms with Gasteiger partial charge in [-0.15, -0.1) is 0 Å². The third-order valence-electron chi connectivity index (χ3n) is 5.55. The Labute approximate surface area is 159 Å². The first-order valence-electron chi connectivity index (χ1n) is 9.56. The molecule has 0 aliphatic carbocycles. The molecule has 27 heavy (non-hydrogen) atoms. The number of para-hydroxylation sites is 1. The quantitative estimate of drug-likeness (QED) is 0.301. The van der Waals surface area contributed by atoms with Gasteiger partial charge in [0.05, 0.1) is 16.7 Å². The van der Waals surface area contributed by atoms with Crippen LogP contribution in [-0.2, 0) is 5.41 Å². The van der Waals surface area contributed by atoms with E-state index in [0.717, 1.165) is 0 Å². The lowest BCUT2D eigenvalue weighted by molar-refractivity contribution is 0.591. The summed E-state index contributed by atoms with van der Waals surface area (Å²) in [6, 6.07) is 30.9. The van der Waals surface area contributed by atoms with E-state index in [0.29, 0.717) is 0 Å². The molecular formula is C26H23N. The molecule has 1 heteroatoms. The second kappa shape index (κ2) is 5.72. The molecule has 0 spiro atoms. The van der Waals surface area contributed by atoms with E-state index in [-0.39, 0.29) is 5.41 Å². The zero-order chi connectivity index (χ0) is 18.6. The number of benzene rings is 4. The number of rotatable bonds is 1. The maximum atomic E-state index is 2.42. The van der Waals surface area contributed by atoms with Crippen LogP contribution < -0.4 is 0 Å². The highest BCUT2D eigenvalue weighted by Crippen LogP contribution is 2.36. The summed E-state index contributed by atoms with van der Waals surface area (Å²) in [7, 11) is 0. The van der Waals surface area contributed by atoms with Crippen molar-refractivity contribution in [3.63, 3.8) is 0 Å².